The van der Waals surface area contributed by atoms with Gasteiger partial charge in [0.2, 0.25) is 11.8 Å². The number of carboxylic acids is 1. The second-order valence-corrected chi connectivity index (χ2v) is 16.3. The zero-order chi connectivity index (χ0) is 45.5. The highest BCUT2D eigenvalue weighted by Crippen LogP contribution is 2.30. The van der Waals surface area contributed by atoms with Crippen LogP contribution in [0.2, 0.25) is 0 Å². The number of amides is 2. The highest BCUT2D eigenvalue weighted by atomic mass is 16.5. The number of carboxylic acid groups (broad SMARTS) is 1. The number of carbonyl (C=O) groups excluding carboxylic acids is 3. The third-order valence-electron chi connectivity index (χ3n) is 11.1. The van der Waals surface area contributed by atoms with Crippen molar-refractivity contribution in [2.45, 2.75) is 111 Å². The predicted octanol–water partition coefficient (Wildman–Crippen LogP) is 6.02. The van der Waals surface area contributed by atoms with Gasteiger partial charge in [-0.2, -0.15) is 5.53 Å². The van der Waals surface area contributed by atoms with Crippen LogP contribution < -0.4 is 21.9 Å². The molecule has 1 saturated heterocycles. The molecule has 0 aliphatic carbocycles. The van der Waals surface area contributed by atoms with Crippen LogP contribution in [-0.2, 0) is 36.9 Å². The Balaban J connectivity index is 1.37. The molecule has 0 saturated carbocycles. The second kappa shape index (κ2) is 23.8. The van der Waals surface area contributed by atoms with Gasteiger partial charge in [0.05, 0.1) is 18.6 Å². The summed E-state index contributed by atoms with van der Waals surface area (Å²) >= 11 is 0. The molecule has 1 aliphatic heterocycles. The summed E-state index contributed by atoms with van der Waals surface area (Å²) in [4.78, 5) is 54.0. The number of rotatable bonds is 23. The van der Waals surface area contributed by atoms with E-state index in [-0.39, 0.29) is 56.6 Å². The Bertz CT molecular complexity index is 2080. The van der Waals surface area contributed by atoms with Gasteiger partial charge in [-0.05, 0) is 71.0 Å². The predicted molar refractivity (Wildman–Crippen MR) is 239 cm³/mol. The van der Waals surface area contributed by atoms with Gasteiger partial charge in [0, 0.05) is 25.8 Å². The fourth-order valence-electron chi connectivity index (χ4n) is 7.74. The maximum atomic E-state index is 14.0. The van der Waals surface area contributed by atoms with Crippen LogP contribution in [-0.4, -0.2) is 79.2 Å². The largest absolute Gasteiger partial charge is 0.480 e. The first kappa shape index (κ1) is 48.5. The number of aliphatic hydroxyl groups is 2. The Morgan fingerprint density at radius 1 is 0.794 bits per heavy atom. The first-order chi connectivity index (χ1) is 30.3. The molecule has 1 heterocycles. The quantitative estimate of drug-likeness (QED) is 0.0260. The van der Waals surface area contributed by atoms with Gasteiger partial charge in [-0.1, -0.05) is 142 Å². The first-order valence-corrected chi connectivity index (χ1v) is 21.8. The van der Waals surface area contributed by atoms with E-state index in [0.29, 0.717) is 12.8 Å². The minimum absolute atomic E-state index is 0.168. The lowest BCUT2D eigenvalue weighted by molar-refractivity contribution is -0.156. The third-order valence-corrected chi connectivity index (χ3v) is 11.1. The summed E-state index contributed by atoms with van der Waals surface area (Å²) in [6, 6.07) is 32.0. The molecule has 4 atom stereocenters. The van der Waals surface area contributed by atoms with Crippen LogP contribution in [0.1, 0.15) is 96.0 Å². The number of hydrogen-bond donors (Lipinski definition) is 7. The number of hydrogen-bond acceptors (Lipinski definition) is 12. The maximum absolute atomic E-state index is 14.0. The van der Waals surface area contributed by atoms with Crippen LogP contribution in [0.15, 0.2) is 103 Å². The summed E-state index contributed by atoms with van der Waals surface area (Å²) < 4.78 is 5.34. The molecule has 1 fully saturated rings. The molecule has 63 heavy (non-hydrogen) atoms. The lowest BCUT2D eigenvalue weighted by Gasteiger charge is -2.36. The van der Waals surface area contributed by atoms with Gasteiger partial charge in [-0.25, -0.2) is 15.6 Å². The van der Waals surface area contributed by atoms with Gasteiger partial charge in [0.1, 0.15) is 12.2 Å². The fourth-order valence-corrected chi connectivity index (χ4v) is 7.74. The standard InChI is InChI=1S/C48H63N7O8/c1-6-8-18-42(56)53(45(32(3)4)47(60)61)31-35-21-25-38(26-22-35)40-16-12-13-17-41(40)46-49-51-55(50-46)52-54(43(57)27-28-44(58)59)39(29-33(5)48(62)63-7-2)30-34-19-23-37(24-20-34)36-14-10-9-11-15-36/h9-17,19-26,32-33,39,44-46,49-52,58-59H,6-8,18,27-31H2,1-5H3,(H,60,61)/t33-,39?,45?,46?/m1/s1. The second-order valence-electron chi connectivity index (χ2n) is 16.3. The molecule has 4 aromatic rings. The van der Waals surface area contributed by atoms with Crippen LogP contribution in [0.5, 0.6) is 0 Å². The summed E-state index contributed by atoms with van der Waals surface area (Å²) in [6.45, 7) is 9.51. The Kier molecular flexibility index (Phi) is 18.3. The number of aliphatic hydroxyl groups excluding tert-OH is 1. The fraction of sp³-hybridized carbons (Fsp3) is 0.417. The monoisotopic (exact) mass is 865 g/mol. The van der Waals surface area contributed by atoms with Crippen molar-refractivity contribution < 1.29 is 39.2 Å². The number of carbonyl (C=O) groups is 4. The summed E-state index contributed by atoms with van der Waals surface area (Å²) in [5.41, 5.74) is 19.2. The van der Waals surface area contributed by atoms with Gasteiger partial charge >= 0.3 is 11.9 Å². The van der Waals surface area contributed by atoms with Crippen molar-refractivity contribution in [1.82, 2.24) is 37.1 Å². The average molecular weight is 866 g/mol. The highest BCUT2D eigenvalue weighted by molar-refractivity contribution is 5.84. The number of nitrogens with zero attached hydrogens (tertiary/aromatic N) is 3. The van der Waals surface area contributed by atoms with Gasteiger partial charge in [0.25, 0.3) is 0 Å². The zero-order valence-electron chi connectivity index (χ0n) is 36.9. The molecule has 5 rings (SSSR count). The van der Waals surface area contributed by atoms with E-state index in [0.717, 1.165) is 45.4 Å². The number of aliphatic carboxylic acids is 1. The lowest BCUT2D eigenvalue weighted by Crippen LogP contribution is -2.62. The summed E-state index contributed by atoms with van der Waals surface area (Å²) in [5, 5.41) is 32.3. The van der Waals surface area contributed by atoms with Crippen LogP contribution in [0.4, 0.5) is 0 Å². The minimum atomic E-state index is -1.69. The van der Waals surface area contributed by atoms with E-state index >= 15 is 0 Å². The number of hydrazine groups is 5. The molecule has 0 radical (unpaired) electrons. The summed E-state index contributed by atoms with van der Waals surface area (Å²) in [6.07, 6.45) is -0.186. The molecule has 338 valence electrons. The number of ether oxygens (including phenoxy) is 1. The first-order valence-electron chi connectivity index (χ1n) is 21.8. The van der Waals surface area contributed by atoms with Gasteiger partial charge in [0.15, 0.2) is 6.29 Å². The van der Waals surface area contributed by atoms with Gasteiger partial charge in [-0.15, -0.1) is 5.53 Å². The summed E-state index contributed by atoms with van der Waals surface area (Å²) in [5.74, 6) is -2.86. The molecule has 4 aromatic carbocycles. The van der Waals surface area contributed by atoms with E-state index in [1.165, 1.54) is 15.1 Å². The molecule has 0 bridgehead atoms. The minimum Gasteiger partial charge on any atom is -0.480 e. The zero-order valence-corrected chi connectivity index (χ0v) is 36.9. The van der Waals surface area contributed by atoms with Crippen molar-refractivity contribution in [3.63, 3.8) is 0 Å². The Hall–Kier alpha value is -5.52. The number of benzene rings is 4. The van der Waals surface area contributed by atoms with Crippen molar-refractivity contribution in [2.75, 3.05) is 6.61 Å². The molecular weight excluding hydrogens is 803 g/mol. The third kappa shape index (κ3) is 13.7. The molecule has 0 spiro atoms. The van der Waals surface area contributed by atoms with E-state index < -0.39 is 42.3 Å². The molecule has 1 aliphatic rings. The Labute approximate surface area is 370 Å². The van der Waals surface area contributed by atoms with E-state index in [1.54, 1.807) is 13.8 Å². The lowest BCUT2D eigenvalue weighted by atomic mass is 9.94. The smallest absolute Gasteiger partial charge is 0.326 e. The topological polar surface area (TPSA) is 196 Å². The van der Waals surface area contributed by atoms with E-state index in [1.807, 2.05) is 124 Å². The van der Waals surface area contributed by atoms with E-state index in [2.05, 4.69) is 21.9 Å². The van der Waals surface area contributed by atoms with Crippen LogP contribution in [0, 0.1) is 11.8 Å². The Morgan fingerprint density at radius 2 is 1.43 bits per heavy atom. The van der Waals surface area contributed by atoms with Crippen molar-refractivity contribution >= 4 is 23.8 Å². The number of esters is 1. The average Bonchev–Trinajstić information content (AvgIpc) is 3.75. The molecule has 2 amide bonds. The van der Waals surface area contributed by atoms with Crippen LogP contribution >= 0.6 is 0 Å². The summed E-state index contributed by atoms with van der Waals surface area (Å²) in [7, 11) is 0. The molecule has 15 nitrogen and oxygen atoms in total. The van der Waals surface area contributed by atoms with Gasteiger partial charge in [-0.3, -0.25) is 19.4 Å². The van der Waals surface area contributed by atoms with Gasteiger partial charge < -0.3 is 25.0 Å². The van der Waals surface area contributed by atoms with Crippen molar-refractivity contribution in [1.29, 1.82) is 0 Å². The number of unbranched alkanes of at least 4 members (excludes halogenated alkanes) is 1. The maximum Gasteiger partial charge on any atom is 0.326 e. The SMILES string of the molecule is CCCCC(=O)N(Cc1ccc(-c2ccccc2C2NNN(NN(C(=O)CCC(O)O)C(Cc3ccc(-c4ccccc4)cc3)C[C@@H](C)C(=O)OCC)N2)cc1)C(C(=O)O)C(C)C. The molecule has 3 unspecified atom stereocenters. The Morgan fingerprint density at radius 3 is 2.06 bits per heavy atom. The normalized spacial score (nSPS) is 15.5. The van der Waals surface area contributed by atoms with E-state index in [4.69, 9.17) is 4.74 Å². The van der Waals surface area contributed by atoms with Crippen molar-refractivity contribution in [3.05, 3.63) is 120 Å². The molecular formula is C48H63N7O8. The molecule has 0 aromatic heterocycles. The number of nitrogens with one attached hydrogen (secondary N) is 4. The molecule has 7 N–H and O–H groups in total. The van der Waals surface area contributed by atoms with Crippen LogP contribution in [0.25, 0.3) is 22.3 Å². The highest BCUT2D eigenvalue weighted by Gasteiger charge is 2.34. The van der Waals surface area contributed by atoms with E-state index in [9.17, 15) is 34.5 Å². The molecule has 15 heteroatoms. The van der Waals surface area contributed by atoms with Crippen molar-refractivity contribution in [2.24, 2.45) is 11.8 Å². The van der Waals surface area contributed by atoms with Crippen LogP contribution in [0.3, 0.4) is 0 Å². The van der Waals surface area contributed by atoms with Crippen molar-refractivity contribution in [3.8, 4) is 22.3 Å².